The smallest absolute Gasteiger partial charge is 0.289 e. The predicted molar refractivity (Wildman–Crippen MR) is 62.2 cm³/mol. The van der Waals surface area contributed by atoms with Gasteiger partial charge in [-0.15, -0.1) is 0 Å². The van der Waals surface area contributed by atoms with Gasteiger partial charge in [-0.1, -0.05) is 0 Å². The first kappa shape index (κ1) is 10.4. The third-order valence-corrected chi connectivity index (χ3v) is 3.87. The highest BCUT2D eigenvalue weighted by Gasteiger charge is 2.37. The van der Waals surface area contributed by atoms with E-state index in [0.717, 1.165) is 26.1 Å². The molecule has 2 unspecified atom stereocenters. The summed E-state index contributed by atoms with van der Waals surface area (Å²) in [5, 5.41) is 3.38. The monoisotopic (exact) mass is 284 g/mol. The molecule has 1 N–H and O–H groups in total. The fourth-order valence-corrected chi connectivity index (χ4v) is 2.73. The Labute approximate surface area is 102 Å². The Bertz CT molecular complexity index is 418. The number of fused-ring (bicyclic) bond motifs is 1. The number of carbonyl (C=O) groups is 1. The minimum atomic E-state index is 0.0102. The van der Waals surface area contributed by atoms with E-state index in [1.807, 2.05) is 4.90 Å². The number of nitrogens with one attached hydrogen (secondary N) is 1. The number of halogens is 1. The maximum atomic E-state index is 12.1. The summed E-state index contributed by atoms with van der Waals surface area (Å²) in [4.78, 5) is 14.0. The van der Waals surface area contributed by atoms with E-state index < -0.39 is 0 Å². The quantitative estimate of drug-likeness (QED) is 0.850. The van der Waals surface area contributed by atoms with Crippen molar-refractivity contribution in [1.29, 1.82) is 0 Å². The SMILES string of the molecule is O=C(c1ccc(Br)o1)N1CCC2NCC2C1. The molecule has 0 saturated carbocycles. The van der Waals surface area contributed by atoms with Gasteiger partial charge in [0.15, 0.2) is 10.4 Å². The molecular formula is C11H13BrN2O2. The standard InChI is InChI=1S/C11H13BrN2O2/c12-10-2-1-9(16-10)11(15)14-4-3-8-7(6-14)5-13-8/h1-2,7-8,13H,3-6H2. The van der Waals surface area contributed by atoms with Crippen molar-refractivity contribution in [2.45, 2.75) is 12.5 Å². The van der Waals surface area contributed by atoms with Gasteiger partial charge in [-0.25, -0.2) is 0 Å². The molecule has 4 nitrogen and oxygen atoms in total. The first-order valence-corrected chi connectivity index (χ1v) is 6.31. The number of hydrogen-bond donors (Lipinski definition) is 1. The molecule has 1 amide bonds. The molecule has 2 fully saturated rings. The van der Waals surface area contributed by atoms with Crippen molar-refractivity contribution >= 4 is 21.8 Å². The summed E-state index contributed by atoms with van der Waals surface area (Å²) in [6.07, 6.45) is 1.05. The highest BCUT2D eigenvalue weighted by Crippen LogP contribution is 2.25. The fraction of sp³-hybridized carbons (Fsp3) is 0.545. The lowest BCUT2D eigenvalue weighted by molar-refractivity contribution is 0.0480. The van der Waals surface area contributed by atoms with E-state index in [1.54, 1.807) is 12.1 Å². The van der Waals surface area contributed by atoms with E-state index in [0.29, 0.717) is 22.4 Å². The molecule has 3 rings (SSSR count). The number of piperidine rings is 1. The molecule has 1 aromatic rings. The summed E-state index contributed by atoms with van der Waals surface area (Å²) in [5.41, 5.74) is 0. The van der Waals surface area contributed by atoms with Gasteiger partial charge >= 0.3 is 0 Å². The molecule has 86 valence electrons. The molecule has 0 spiro atoms. The largest absolute Gasteiger partial charge is 0.444 e. The lowest BCUT2D eigenvalue weighted by Crippen LogP contribution is -2.62. The van der Waals surface area contributed by atoms with Crippen LogP contribution in [0.1, 0.15) is 17.0 Å². The minimum Gasteiger partial charge on any atom is -0.444 e. The zero-order valence-corrected chi connectivity index (χ0v) is 10.4. The second-order valence-corrected chi connectivity index (χ2v) is 5.20. The molecule has 2 saturated heterocycles. The van der Waals surface area contributed by atoms with Crippen molar-refractivity contribution in [1.82, 2.24) is 10.2 Å². The Morgan fingerprint density at radius 1 is 1.56 bits per heavy atom. The molecule has 0 aromatic carbocycles. The van der Waals surface area contributed by atoms with Crippen molar-refractivity contribution < 1.29 is 9.21 Å². The third kappa shape index (κ3) is 1.68. The second-order valence-electron chi connectivity index (χ2n) is 4.42. The van der Waals surface area contributed by atoms with Crippen LogP contribution in [-0.4, -0.2) is 36.5 Å². The van der Waals surface area contributed by atoms with E-state index >= 15 is 0 Å². The number of amides is 1. The average molecular weight is 285 g/mol. The van der Waals surface area contributed by atoms with Crippen LogP contribution in [0.4, 0.5) is 0 Å². The summed E-state index contributed by atoms with van der Waals surface area (Å²) in [7, 11) is 0. The number of rotatable bonds is 1. The Hall–Kier alpha value is -0.810. The summed E-state index contributed by atoms with van der Waals surface area (Å²) in [5.74, 6) is 1.07. The zero-order valence-electron chi connectivity index (χ0n) is 8.78. The molecule has 0 aliphatic carbocycles. The average Bonchev–Trinajstić information content (AvgIpc) is 2.66. The van der Waals surface area contributed by atoms with Crippen LogP contribution in [0.3, 0.4) is 0 Å². The zero-order chi connectivity index (χ0) is 11.1. The number of furan rings is 1. The molecule has 2 atom stereocenters. The molecule has 2 aliphatic rings. The number of nitrogens with zero attached hydrogens (tertiary/aromatic N) is 1. The van der Waals surface area contributed by atoms with Gasteiger partial charge in [0.25, 0.3) is 5.91 Å². The van der Waals surface area contributed by atoms with E-state index in [4.69, 9.17) is 4.42 Å². The number of hydrogen-bond acceptors (Lipinski definition) is 3. The molecule has 0 radical (unpaired) electrons. The third-order valence-electron chi connectivity index (χ3n) is 3.45. The molecule has 1 aromatic heterocycles. The first-order valence-electron chi connectivity index (χ1n) is 5.52. The van der Waals surface area contributed by atoms with Gasteiger partial charge in [-0.3, -0.25) is 4.79 Å². The van der Waals surface area contributed by atoms with Crippen LogP contribution in [-0.2, 0) is 0 Å². The van der Waals surface area contributed by atoms with E-state index in [1.165, 1.54) is 0 Å². The molecule has 2 aliphatic heterocycles. The maximum absolute atomic E-state index is 12.1. The van der Waals surface area contributed by atoms with Gasteiger partial charge in [0, 0.05) is 31.6 Å². The van der Waals surface area contributed by atoms with Crippen LogP contribution < -0.4 is 5.32 Å². The Morgan fingerprint density at radius 2 is 2.44 bits per heavy atom. The maximum Gasteiger partial charge on any atom is 0.289 e. The Kier molecular flexibility index (Phi) is 2.52. The lowest BCUT2D eigenvalue weighted by atomic mass is 9.85. The van der Waals surface area contributed by atoms with Crippen LogP contribution in [0.5, 0.6) is 0 Å². The van der Waals surface area contributed by atoms with Crippen LogP contribution in [0.25, 0.3) is 0 Å². The Morgan fingerprint density at radius 3 is 3.00 bits per heavy atom. The molecule has 5 heteroatoms. The first-order chi connectivity index (χ1) is 7.74. The van der Waals surface area contributed by atoms with Gasteiger partial charge in [-0.05, 0) is 34.5 Å². The topological polar surface area (TPSA) is 45.5 Å². The minimum absolute atomic E-state index is 0.0102. The van der Waals surface area contributed by atoms with Crippen LogP contribution in [0.15, 0.2) is 21.2 Å². The number of carbonyl (C=O) groups excluding carboxylic acids is 1. The van der Waals surface area contributed by atoms with Crippen molar-refractivity contribution in [2.75, 3.05) is 19.6 Å². The van der Waals surface area contributed by atoms with Gasteiger partial charge in [0.2, 0.25) is 0 Å². The van der Waals surface area contributed by atoms with E-state index in [2.05, 4.69) is 21.2 Å². The van der Waals surface area contributed by atoms with Crippen LogP contribution in [0.2, 0.25) is 0 Å². The molecule has 0 bridgehead atoms. The van der Waals surface area contributed by atoms with E-state index in [-0.39, 0.29) is 5.91 Å². The molecule has 16 heavy (non-hydrogen) atoms. The van der Waals surface area contributed by atoms with Gasteiger partial charge in [0.1, 0.15) is 0 Å². The highest BCUT2D eigenvalue weighted by molar-refractivity contribution is 9.10. The van der Waals surface area contributed by atoms with Crippen molar-refractivity contribution in [2.24, 2.45) is 5.92 Å². The van der Waals surface area contributed by atoms with Crippen molar-refractivity contribution in [3.05, 3.63) is 22.6 Å². The summed E-state index contributed by atoms with van der Waals surface area (Å²) >= 11 is 3.21. The number of likely N-dealkylation sites (tertiary alicyclic amines) is 1. The van der Waals surface area contributed by atoms with Gasteiger partial charge in [0.05, 0.1) is 0 Å². The predicted octanol–water partition coefficient (Wildman–Crippen LogP) is 1.48. The van der Waals surface area contributed by atoms with Crippen LogP contribution in [0, 0.1) is 5.92 Å². The normalized spacial score (nSPS) is 28.4. The van der Waals surface area contributed by atoms with Crippen LogP contribution >= 0.6 is 15.9 Å². The second kappa shape index (κ2) is 3.89. The summed E-state index contributed by atoms with van der Waals surface area (Å²) in [6, 6.07) is 4.11. The van der Waals surface area contributed by atoms with E-state index in [9.17, 15) is 4.79 Å². The Balaban J connectivity index is 1.71. The highest BCUT2D eigenvalue weighted by atomic mass is 79.9. The van der Waals surface area contributed by atoms with Gasteiger partial charge in [-0.2, -0.15) is 0 Å². The lowest BCUT2D eigenvalue weighted by Gasteiger charge is -2.45. The fourth-order valence-electron chi connectivity index (χ4n) is 2.42. The molecule has 3 heterocycles. The molecular weight excluding hydrogens is 272 g/mol. The van der Waals surface area contributed by atoms with Crippen molar-refractivity contribution in [3.8, 4) is 0 Å². The summed E-state index contributed by atoms with van der Waals surface area (Å²) < 4.78 is 5.90. The van der Waals surface area contributed by atoms with Gasteiger partial charge < -0.3 is 14.6 Å². The summed E-state index contributed by atoms with van der Waals surface area (Å²) in [6.45, 7) is 2.72. The van der Waals surface area contributed by atoms with Crippen molar-refractivity contribution in [3.63, 3.8) is 0 Å².